The first-order valence-corrected chi connectivity index (χ1v) is 4.33. The fourth-order valence-electron chi connectivity index (χ4n) is 1.01. The van der Waals surface area contributed by atoms with Gasteiger partial charge in [0, 0.05) is 12.7 Å². The van der Waals surface area contributed by atoms with Gasteiger partial charge in [-0.25, -0.2) is 4.39 Å². The van der Waals surface area contributed by atoms with Crippen molar-refractivity contribution in [2.24, 2.45) is 5.73 Å². The summed E-state index contributed by atoms with van der Waals surface area (Å²) < 4.78 is 12.6. The molecule has 1 rings (SSSR count). The lowest BCUT2D eigenvalue weighted by atomic mass is 10.3. The third-order valence-electron chi connectivity index (χ3n) is 1.65. The summed E-state index contributed by atoms with van der Waals surface area (Å²) in [5.41, 5.74) is 6.18. The number of rotatable bonds is 5. The van der Waals surface area contributed by atoms with Gasteiger partial charge in [-0.2, -0.15) is 0 Å². The molecule has 1 aromatic rings. The van der Waals surface area contributed by atoms with E-state index in [9.17, 15) is 4.39 Å². The predicted molar refractivity (Wildman–Crippen MR) is 49.6 cm³/mol. The molecule has 72 valence electrons. The summed E-state index contributed by atoms with van der Waals surface area (Å²) in [6.07, 6.45) is 3.78. The maximum absolute atomic E-state index is 12.6. The minimum Gasteiger partial charge on any atom is -0.330 e. The lowest BCUT2D eigenvalue weighted by molar-refractivity contribution is 0.609. The summed E-state index contributed by atoms with van der Waals surface area (Å²) >= 11 is 0. The van der Waals surface area contributed by atoms with Crippen molar-refractivity contribution in [2.75, 3.05) is 13.1 Å². The van der Waals surface area contributed by atoms with Crippen LogP contribution in [0, 0.1) is 5.82 Å². The highest BCUT2D eigenvalue weighted by Crippen LogP contribution is 1.99. The zero-order valence-electron chi connectivity index (χ0n) is 7.46. The molecule has 13 heavy (non-hydrogen) atoms. The second kappa shape index (κ2) is 5.61. The first-order chi connectivity index (χ1) is 6.33. The van der Waals surface area contributed by atoms with Crippen LogP contribution in [0.3, 0.4) is 0 Å². The van der Waals surface area contributed by atoms with E-state index >= 15 is 0 Å². The smallest absolute Gasteiger partial charge is 0.141 e. The number of hydrogen-bond acceptors (Lipinski definition) is 3. The molecule has 0 aliphatic heterocycles. The van der Waals surface area contributed by atoms with Gasteiger partial charge < -0.3 is 11.1 Å². The van der Waals surface area contributed by atoms with Crippen LogP contribution in [0.5, 0.6) is 0 Å². The topological polar surface area (TPSA) is 50.9 Å². The van der Waals surface area contributed by atoms with E-state index in [1.165, 1.54) is 12.3 Å². The molecule has 0 radical (unpaired) electrons. The third-order valence-corrected chi connectivity index (χ3v) is 1.65. The van der Waals surface area contributed by atoms with E-state index in [-0.39, 0.29) is 5.82 Å². The second-order valence-corrected chi connectivity index (χ2v) is 2.83. The molecule has 0 unspecified atom stereocenters. The van der Waals surface area contributed by atoms with Crippen LogP contribution < -0.4 is 11.1 Å². The van der Waals surface area contributed by atoms with Gasteiger partial charge in [0.25, 0.3) is 0 Å². The Hall–Kier alpha value is -1.00. The Morgan fingerprint density at radius 1 is 1.46 bits per heavy atom. The maximum atomic E-state index is 12.6. The summed E-state index contributed by atoms with van der Waals surface area (Å²) in [4.78, 5) is 3.74. The lowest BCUT2D eigenvalue weighted by Gasteiger charge is -2.02. The standard InChI is InChI=1S/C9H14FN3/c10-9-4-8(6-13-7-9)5-12-3-1-2-11/h4,6-7,12H,1-3,5,11H2. The van der Waals surface area contributed by atoms with E-state index in [0.29, 0.717) is 13.1 Å². The van der Waals surface area contributed by atoms with E-state index in [4.69, 9.17) is 5.73 Å². The second-order valence-electron chi connectivity index (χ2n) is 2.83. The summed E-state index contributed by atoms with van der Waals surface area (Å²) in [7, 11) is 0. The van der Waals surface area contributed by atoms with Crippen LogP contribution in [-0.2, 0) is 6.54 Å². The monoisotopic (exact) mass is 183 g/mol. The summed E-state index contributed by atoms with van der Waals surface area (Å²) in [5, 5.41) is 3.14. The van der Waals surface area contributed by atoms with E-state index < -0.39 is 0 Å². The lowest BCUT2D eigenvalue weighted by Crippen LogP contribution is -2.17. The van der Waals surface area contributed by atoms with Gasteiger partial charge in [0.1, 0.15) is 5.82 Å². The number of nitrogens with one attached hydrogen (secondary N) is 1. The third kappa shape index (κ3) is 3.96. The van der Waals surface area contributed by atoms with Crippen molar-refractivity contribution >= 4 is 0 Å². The molecule has 0 saturated heterocycles. The van der Waals surface area contributed by atoms with Gasteiger partial charge in [-0.15, -0.1) is 0 Å². The fourth-order valence-corrected chi connectivity index (χ4v) is 1.01. The maximum Gasteiger partial charge on any atom is 0.141 e. The minimum atomic E-state index is -0.293. The summed E-state index contributed by atoms with van der Waals surface area (Å²) in [6.45, 7) is 2.17. The van der Waals surface area contributed by atoms with E-state index in [1.54, 1.807) is 6.20 Å². The van der Waals surface area contributed by atoms with Crippen molar-refractivity contribution in [2.45, 2.75) is 13.0 Å². The van der Waals surface area contributed by atoms with Crippen LogP contribution in [0.2, 0.25) is 0 Å². The van der Waals surface area contributed by atoms with Crippen molar-refractivity contribution in [3.05, 3.63) is 29.8 Å². The highest BCUT2D eigenvalue weighted by molar-refractivity contribution is 5.09. The van der Waals surface area contributed by atoms with Crippen molar-refractivity contribution in [3.63, 3.8) is 0 Å². The van der Waals surface area contributed by atoms with Crippen LogP contribution in [0.25, 0.3) is 0 Å². The molecule has 0 fully saturated rings. The molecule has 0 aliphatic carbocycles. The highest BCUT2D eigenvalue weighted by Gasteiger charge is 1.94. The van der Waals surface area contributed by atoms with E-state index in [2.05, 4.69) is 10.3 Å². The van der Waals surface area contributed by atoms with Crippen molar-refractivity contribution in [1.82, 2.24) is 10.3 Å². The summed E-state index contributed by atoms with van der Waals surface area (Å²) in [5.74, 6) is -0.293. The van der Waals surface area contributed by atoms with Crippen molar-refractivity contribution in [1.29, 1.82) is 0 Å². The Morgan fingerprint density at radius 2 is 2.31 bits per heavy atom. The van der Waals surface area contributed by atoms with Gasteiger partial charge >= 0.3 is 0 Å². The Morgan fingerprint density at radius 3 is 3.00 bits per heavy atom. The Bertz CT molecular complexity index is 252. The van der Waals surface area contributed by atoms with Crippen molar-refractivity contribution in [3.8, 4) is 0 Å². The highest BCUT2D eigenvalue weighted by atomic mass is 19.1. The first kappa shape index (κ1) is 10.1. The SMILES string of the molecule is NCCCNCc1cncc(F)c1. The average Bonchev–Trinajstić information content (AvgIpc) is 2.13. The van der Waals surface area contributed by atoms with Gasteiger partial charge in [0.2, 0.25) is 0 Å². The number of aromatic nitrogens is 1. The zero-order chi connectivity index (χ0) is 9.52. The number of nitrogens with two attached hydrogens (primary N) is 1. The predicted octanol–water partition coefficient (Wildman–Crippen LogP) is 0.659. The Kier molecular flexibility index (Phi) is 4.35. The molecule has 0 amide bonds. The van der Waals surface area contributed by atoms with Crippen LogP contribution in [0.1, 0.15) is 12.0 Å². The van der Waals surface area contributed by atoms with Gasteiger partial charge in [-0.1, -0.05) is 0 Å². The molecule has 0 atom stereocenters. The Labute approximate surface area is 77.2 Å². The molecule has 3 nitrogen and oxygen atoms in total. The van der Waals surface area contributed by atoms with E-state index in [0.717, 1.165) is 18.5 Å². The molecule has 0 spiro atoms. The normalized spacial score (nSPS) is 10.3. The molecule has 0 aromatic carbocycles. The van der Waals surface area contributed by atoms with Gasteiger partial charge in [0.05, 0.1) is 6.20 Å². The summed E-state index contributed by atoms with van der Waals surface area (Å²) in [6, 6.07) is 1.47. The quantitative estimate of drug-likeness (QED) is 0.659. The van der Waals surface area contributed by atoms with Crippen LogP contribution in [-0.4, -0.2) is 18.1 Å². The molecule has 4 heteroatoms. The van der Waals surface area contributed by atoms with Gasteiger partial charge in [-0.05, 0) is 31.1 Å². The molecule has 1 heterocycles. The number of nitrogens with zero attached hydrogens (tertiary/aromatic N) is 1. The van der Waals surface area contributed by atoms with Crippen LogP contribution >= 0.6 is 0 Å². The van der Waals surface area contributed by atoms with Crippen LogP contribution in [0.4, 0.5) is 4.39 Å². The number of halogens is 1. The van der Waals surface area contributed by atoms with Gasteiger partial charge in [-0.3, -0.25) is 4.98 Å². The molecule has 0 aliphatic rings. The van der Waals surface area contributed by atoms with E-state index in [1.807, 2.05) is 0 Å². The Balaban J connectivity index is 2.28. The average molecular weight is 183 g/mol. The molecule has 1 aromatic heterocycles. The largest absolute Gasteiger partial charge is 0.330 e. The molecular weight excluding hydrogens is 169 g/mol. The molecular formula is C9H14FN3. The molecule has 3 N–H and O–H groups in total. The van der Waals surface area contributed by atoms with Crippen molar-refractivity contribution < 1.29 is 4.39 Å². The first-order valence-electron chi connectivity index (χ1n) is 4.33. The number of pyridine rings is 1. The molecule has 0 bridgehead atoms. The van der Waals surface area contributed by atoms with Crippen LogP contribution in [0.15, 0.2) is 18.5 Å². The van der Waals surface area contributed by atoms with Gasteiger partial charge in [0.15, 0.2) is 0 Å². The minimum absolute atomic E-state index is 0.293. The fraction of sp³-hybridized carbons (Fsp3) is 0.444. The zero-order valence-corrected chi connectivity index (χ0v) is 7.46. The number of hydrogen-bond donors (Lipinski definition) is 2. The molecule has 0 saturated carbocycles.